The Hall–Kier alpha value is -2.74. The van der Waals surface area contributed by atoms with Crippen LogP contribution >= 0.6 is 0 Å². The lowest BCUT2D eigenvalue weighted by Gasteiger charge is -2.05. The highest BCUT2D eigenvalue weighted by atomic mass is 16.5. The minimum Gasteiger partial charge on any atom is -0.456 e. The van der Waals surface area contributed by atoms with Gasteiger partial charge in [0.1, 0.15) is 0 Å². The topological polar surface area (TPSA) is 70.1 Å². The monoisotopic (exact) mass is 299 g/mol. The van der Waals surface area contributed by atoms with Crippen molar-refractivity contribution in [3.8, 4) is 11.8 Å². The number of nitrogens with zero attached hydrogens (tertiary/aromatic N) is 2. The fourth-order valence-electron chi connectivity index (χ4n) is 1.67. The second-order valence-electron chi connectivity index (χ2n) is 4.57. The first-order chi connectivity index (χ1) is 10.7. The summed E-state index contributed by atoms with van der Waals surface area (Å²) in [5.41, 5.74) is 6.02. The Morgan fingerprint density at radius 2 is 2.32 bits per heavy atom. The van der Waals surface area contributed by atoms with E-state index in [0.29, 0.717) is 18.1 Å². The molecular weight excluding hydrogens is 278 g/mol. The summed E-state index contributed by atoms with van der Waals surface area (Å²) in [7, 11) is 0. The summed E-state index contributed by atoms with van der Waals surface area (Å²) in [6.45, 7) is 5.00. The molecule has 1 unspecified atom stereocenters. The first-order valence-electron chi connectivity index (χ1n) is 7.07. The molecule has 1 aromatic rings. The van der Waals surface area contributed by atoms with Crippen molar-refractivity contribution in [2.24, 2.45) is 11.7 Å². The van der Waals surface area contributed by atoms with E-state index in [0.717, 1.165) is 6.54 Å². The van der Waals surface area contributed by atoms with E-state index in [4.69, 9.17) is 10.5 Å². The van der Waals surface area contributed by atoms with Crippen LogP contribution in [0.15, 0.2) is 54.8 Å². The van der Waals surface area contributed by atoms with E-state index in [-0.39, 0.29) is 0 Å². The smallest absolute Gasteiger partial charge is 0.384 e. The maximum atomic E-state index is 11.2. The molecule has 0 bridgehead atoms. The molecule has 0 aromatic carbocycles. The van der Waals surface area contributed by atoms with Crippen molar-refractivity contribution >= 4 is 5.97 Å². The number of nitrogens with two attached hydrogens (primary N) is 1. The summed E-state index contributed by atoms with van der Waals surface area (Å²) in [5, 5.41) is 0. The summed E-state index contributed by atoms with van der Waals surface area (Å²) in [4.78, 5) is 15.2. The van der Waals surface area contributed by atoms with Gasteiger partial charge in [0.05, 0.1) is 12.9 Å². The first-order valence-corrected chi connectivity index (χ1v) is 7.07. The molecule has 1 atom stereocenters. The molecule has 1 rings (SSSR count). The molecule has 0 amide bonds. The Morgan fingerprint density at radius 1 is 1.50 bits per heavy atom. The van der Waals surface area contributed by atoms with E-state index in [2.05, 4.69) is 29.8 Å². The lowest BCUT2D eigenvalue weighted by molar-refractivity contribution is -0.136. The van der Waals surface area contributed by atoms with Gasteiger partial charge >= 0.3 is 5.97 Å². The molecule has 1 aromatic heterocycles. The average Bonchev–Trinajstić information content (AvgIpc) is 2.98. The first kappa shape index (κ1) is 17.3. The van der Waals surface area contributed by atoms with Gasteiger partial charge in [-0.05, 0) is 31.2 Å². The highest BCUT2D eigenvalue weighted by Gasteiger charge is 1.97. The minimum atomic E-state index is -0.545. The zero-order valence-corrected chi connectivity index (χ0v) is 12.9. The molecule has 5 nitrogen and oxygen atoms in total. The predicted molar refractivity (Wildman–Crippen MR) is 86.4 cm³/mol. The predicted octanol–water partition coefficient (Wildman–Crippen LogP) is 2.04. The van der Waals surface area contributed by atoms with Gasteiger partial charge in [-0.1, -0.05) is 25.0 Å². The van der Waals surface area contributed by atoms with Crippen LogP contribution in [0.5, 0.6) is 0 Å². The van der Waals surface area contributed by atoms with Crippen LogP contribution in [-0.2, 0) is 16.1 Å². The van der Waals surface area contributed by atoms with Crippen LogP contribution in [0, 0.1) is 17.8 Å². The Bertz CT molecular complexity index is 602. The molecule has 0 saturated carbocycles. The summed E-state index contributed by atoms with van der Waals surface area (Å²) >= 11 is 0. The zero-order valence-electron chi connectivity index (χ0n) is 12.9. The Labute approximate surface area is 131 Å². The van der Waals surface area contributed by atoms with Crippen molar-refractivity contribution < 1.29 is 9.53 Å². The molecule has 116 valence electrons. The van der Waals surface area contributed by atoms with E-state index < -0.39 is 5.97 Å². The average molecular weight is 299 g/mol. The molecule has 0 aliphatic carbocycles. The molecule has 0 radical (unpaired) electrons. The zero-order chi connectivity index (χ0) is 16.2. The van der Waals surface area contributed by atoms with E-state index in [1.165, 1.54) is 6.20 Å². The third-order valence-electron chi connectivity index (χ3n) is 2.63. The van der Waals surface area contributed by atoms with Crippen LogP contribution < -0.4 is 5.73 Å². The largest absolute Gasteiger partial charge is 0.456 e. The molecule has 0 fully saturated rings. The molecule has 0 saturated heterocycles. The van der Waals surface area contributed by atoms with Gasteiger partial charge in [-0.2, -0.15) is 0 Å². The molecule has 0 spiro atoms. The number of hydrogen-bond donors (Lipinski definition) is 1. The lowest BCUT2D eigenvalue weighted by atomic mass is 10.1. The summed E-state index contributed by atoms with van der Waals surface area (Å²) < 4.78 is 6.76. The molecule has 0 aliphatic heterocycles. The van der Waals surface area contributed by atoms with E-state index in [1.807, 2.05) is 16.8 Å². The molecule has 2 N–H and O–H groups in total. The number of carbonyl (C=O) groups excluding carboxylic acids is 1. The second kappa shape index (κ2) is 10.1. The van der Waals surface area contributed by atoms with Gasteiger partial charge in [-0.15, -0.1) is 0 Å². The van der Waals surface area contributed by atoms with Crippen molar-refractivity contribution in [3.05, 3.63) is 54.8 Å². The van der Waals surface area contributed by atoms with Gasteiger partial charge in [0.2, 0.25) is 0 Å². The Kier molecular flexibility index (Phi) is 7.91. The molecule has 1 heterocycles. The van der Waals surface area contributed by atoms with Gasteiger partial charge in [-0.3, -0.25) is 0 Å². The van der Waals surface area contributed by atoms with Crippen molar-refractivity contribution in [3.63, 3.8) is 0 Å². The lowest BCUT2D eigenvalue weighted by Crippen LogP contribution is -2.02. The quantitative estimate of drug-likeness (QED) is 0.378. The Morgan fingerprint density at radius 3 is 2.95 bits per heavy atom. The minimum absolute atomic E-state index is 0.310. The van der Waals surface area contributed by atoms with Crippen molar-refractivity contribution in [2.75, 3.05) is 6.61 Å². The highest BCUT2D eigenvalue weighted by molar-refractivity contribution is 5.89. The van der Waals surface area contributed by atoms with Crippen LogP contribution in [0.2, 0.25) is 0 Å². The van der Waals surface area contributed by atoms with Gasteiger partial charge in [-0.25, -0.2) is 9.78 Å². The standard InChI is InChI=1S/C17H21N3O2/c1-3-22-17(21)8-7-16(9-10-18)6-4-5-15(2)13-20-12-11-19-14-20/h4-6,9-12,14-15H,3,13,18H2,1-2H3/b5-4+,10-9-,16-6-. The molecule has 0 aliphatic rings. The number of rotatable bonds is 6. The third kappa shape index (κ3) is 7.15. The van der Waals surface area contributed by atoms with E-state index >= 15 is 0 Å². The maximum absolute atomic E-state index is 11.2. The highest BCUT2D eigenvalue weighted by Crippen LogP contribution is 2.03. The van der Waals surface area contributed by atoms with Crippen LogP contribution in [0.4, 0.5) is 0 Å². The van der Waals surface area contributed by atoms with Gasteiger partial charge in [0.15, 0.2) is 0 Å². The third-order valence-corrected chi connectivity index (χ3v) is 2.63. The van der Waals surface area contributed by atoms with Gasteiger partial charge in [0.25, 0.3) is 0 Å². The fourth-order valence-corrected chi connectivity index (χ4v) is 1.67. The summed E-state index contributed by atoms with van der Waals surface area (Å²) in [6, 6.07) is 0. The number of esters is 1. The summed E-state index contributed by atoms with van der Waals surface area (Å²) in [5.74, 6) is 4.93. The molecular formula is C17H21N3O2. The number of hydrogen-bond acceptors (Lipinski definition) is 4. The van der Waals surface area contributed by atoms with E-state index in [9.17, 15) is 4.79 Å². The maximum Gasteiger partial charge on any atom is 0.384 e. The van der Waals surface area contributed by atoms with Crippen LogP contribution in [-0.4, -0.2) is 22.1 Å². The number of aromatic nitrogens is 2. The van der Waals surface area contributed by atoms with Crippen molar-refractivity contribution in [2.45, 2.75) is 20.4 Å². The molecule has 5 heteroatoms. The fraction of sp³-hybridized carbons (Fsp3) is 0.294. The van der Waals surface area contributed by atoms with Crippen LogP contribution in [0.1, 0.15) is 13.8 Å². The van der Waals surface area contributed by atoms with Gasteiger partial charge in [0, 0.05) is 30.4 Å². The number of allylic oxidation sites excluding steroid dienone is 5. The van der Waals surface area contributed by atoms with Crippen LogP contribution in [0.25, 0.3) is 0 Å². The number of imidazole rings is 1. The van der Waals surface area contributed by atoms with Gasteiger partial charge < -0.3 is 15.0 Å². The Balaban J connectivity index is 2.64. The SMILES string of the molecule is CCOC(=O)C#CC(/C=C\N)=C/C=C/C(C)Cn1ccnc1. The summed E-state index contributed by atoms with van der Waals surface area (Å²) in [6.07, 6.45) is 14.2. The van der Waals surface area contributed by atoms with E-state index in [1.54, 1.807) is 31.6 Å². The van der Waals surface area contributed by atoms with Crippen molar-refractivity contribution in [1.82, 2.24) is 9.55 Å². The van der Waals surface area contributed by atoms with Crippen LogP contribution in [0.3, 0.4) is 0 Å². The normalized spacial score (nSPS) is 13.1. The number of carbonyl (C=O) groups is 1. The number of ether oxygens (including phenoxy) is 1. The molecule has 22 heavy (non-hydrogen) atoms. The second-order valence-corrected chi connectivity index (χ2v) is 4.57. The van der Waals surface area contributed by atoms with Crippen molar-refractivity contribution in [1.29, 1.82) is 0 Å².